The maximum absolute atomic E-state index is 10.9. The number of nitrogens with two attached hydrogens (primary N) is 1. The fraction of sp³-hybridized carbons (Fsp3) is 0.625. The van der Waals surface area contributed by atoms with Crippen LogP contribution in [-0.4, -0.2) is 54.8 Å². The molecule has 1 fully saturated rings. The molecule has 1 aromatic carbocycles. The molecule has 2 rings (SSSR count). The third-order valence-electron chi connectivity index (χ3n) is 4.40. The number of nitrogen functional groups attached to an aromatic ring is 1. The minimum Gasteiger partial charge on any atom is -0.393 e. The van der Waals surface area contributed by atoms with Crippen LogP contribution in [0.1, 0.15) is 20.8 Å². The highest BCUT2D eigenvalue weighted by Crippen LogP contribution is 2.29. The summed E-state index contributed by atoms with van der Waals surface area (Å²) in [5.74, 6) is 0. The Morgan fingerprint density at radius 2 is 2.13 bits per heavy atom. The van der Waals surface area contributed by atoms with Crippen LogP contribution in [-0.2, 0) is 4.74 Å². The fourth-order valence-corrected chi connectivity index (χ4v) is 2.94. The van der Waals surface area contributed by atoms with Gasteiger partial charge in [0, 0.05) is 30.9 Å². The lowest BCUT2D eigenvalue weighted by Gasteiger charge is -2.41. The lowest BCUT2D eigenvalue weighted by atomic mass is 10.1. The average molecular weight is 322 g/mol. The van der Waals surface area contributed by atoms with Crippen LogP contribution in [0.3, 0.4) is 0 Å². The fourth-order valence-electron chi connectivity index (χ4n) is 2.94. The molecule has 0 amide bonds. The first-order valence-electron chi connectivity index (χ1n) is 8.10. The second-order valence-corrected chi connectivity index (χ2v) is 5.94. The van der Waals surface area contributed by atoms with Gasteiger partial charge >= 0.3 is 0 Å². The van der Waals surface area contributed by atoms with E-state index in [2.05, 4.69) is 30.6 Å². The molecule has 1 aliphatic rings. The lowest BCUT2D eigenvalue weighted by Crippen LogP contribution is -2.52. The Kier molecular flexibility index (Phi) is 5.79. The molecule has 2 atom stereocenters. The van der Waals surface area contributed by atoms with Crippen molar-refractivity contribution in [2.75, 3.05) is 43.4 Å². The van der Waals surface area contributed by atoms with Crippen molar-refractivity contribution in [2.45, 2.75) is 32.9 Å². The highest BCUT2D eigenvalue weighted by Gasteiger charge is 2.28. The molecule has 0 radical (unpaired) electrons. The first-order chi connectivity index (χ1) is 11.0. The first kappa shape index (κ1) is 17.5. The molecule has 1 aromatic rings. The van der Waals surface area contributed by atoms with Gasteiger partial charge < -0.3 is 20.3 Å². The van der Waals surface area contributed by atoms with Crippen LogP contribution in [0.4, 0.5) is 17.1 Å². The molecule has 0 aromatic heterocycles. The summed E-state index contributed by atoms with van der Waals surface area (Å²) >= 11 is 0. The van der Waals surface area contributed by atoms with E-state index in [4.69, 9.17) is 10.5 Å². The van der Waals surface area contributed by atoms with Gasteiger partial charge in [0.05, 0.1) is 17.6 Å². The Morgan fingerprint density at radius 1 is 1.43 bits per heavy atom. The molecule has 2 unspecified atom stereocenters. The number of likely N-dealkylation sites (N-methyl/N-ethyl adjacent to an activating group) is 1. The van der Waals surface area contributed by atoms with Crippen molar-refractivity contribution in [2.24, 2.45) is 0 Å². The zero-order valence-corrected chi connectivity index (χ0v) is 14.1. The summed E-state index contributed by atoms with van der Waals surface area (Å²) in [5.41, 5.74) is 6.89. The molecule has 0 spiro atoms. The van der Waals surface area contributed by atoms with Crippen LogP contribution in [0.25, 0.3) is 0 Å². The van der Waals surface area contributed by atoms with E-state index in [1.165, 1.54) is 6.07 Å². The number of nitrogens with zero attached hydrogens (tertiary/aromatic N) is 3. The highest BCUT2D eigenvalue weighted by molar-refractivity contribution is 5.67. The highest BCUT2D eigenvalue weighted by atomic mass is 16.6. The van der Waals surface area contributed by atoms with Gasteiger partial charge in [-0.1, -0.05) is 13.8 Å². The van der Waals surface area contributed by atoms with E-state index < -0.39 is 4.92 Å². The van der Waals surface area contributed by atoms with E-state index in [0.717, 1.165) is 31.9 Å². The molecule has 0 aliphatic carbocycles. The first-order valence-corrected chi connectivity index (χ1v) is 8.10. The number of hydrogen-bond acceptors (Lipinski definition) is 6. The maximum Gasteiger partial charge on any atom is 0.292 e. The quantitative estimate of drug-likeness (QED) is 0.490. The topological polar surface area (TPSA) is 84.9 Å². The van der Waals surface area contributed by atoms with Gasteiger partial charge in [-0.3, -0.25) is 10.1 Å². The molecule has 23 heavy (non-hydrogen) atoms. The van der Waals surface area contributed by atoms with Crippen LogP contribution in [0.15, 0.2) is 18.2 Å². The molecule has 7 nitrogen and oxygen atoms in total. The number of morpholine rings is 1. The summed E-state index contributed by atoms with van der Waals surface area (Å²) < 4.78 is 5.95. The van der Waals surface area contributed by atoms with Crippen molar-refractivity contribution in [3.05, 3.63) is 28.3 Å². The van der Waals surface area contributed by atoms with E-state index in [9.17, 15) is 10.1 Å². The zero-order chi connectivity index (χ0) is 17.0. The molecule has 1 heterocycles. The molecule has 7 heteroatoms. The molecule has 128 valence electrons. The minimum atomic E-state index is -0.453. The van der Waals surface area contributed by atoms with Crippen molar-refractivity contribution in [3.8, 4) is 0 Å². The predicted molar refractivity (Wildman–Crippen MR) is 91.8 cm³/mol. The Hall–Kier alpha value is -1.86. The molecule has 1 saturated heterocycles. The number of nitro benzene ring substituents is 1. The van der Waals surface area contributed by atoms with E-state index in [0.29, 0.717) is 6.61 Å². The second-order valence-electron chi connectivity index (χ2n) is 5.94. The number of hydrogen-bond donors (Lipinski definition) is 1. The van der Waals surface area contributed by atoms with Crippen LogP contribution in [0, 0.1) is 10.1 Å². The van der Waals surface area contributed by atoms with Gasteiger partial charge in [-0.05, 0) is 32.1 Å². The van der Waals surface area contributed by atoms with Crippen LogP contribution in [0.2, 0.25) is 0 Å². The third kappa shape index (κ3) is 4.11. The third-order valence-corrected chi connectivity index (χ3v) is 4.40. The molecule has 0 saturated carbocycles. The Morgan fingerprint density at radius 3 is 2.70 bits per heavy atom. The summed E-state index contributed by atoms with van der Waals surface area (Å²) in [7, 11) is 0. The van der Waals surface area contributed by atoms with E-state index in [-0.39, 0.29) is 23.5 Å². The Labute approximate surface area is 137 Å². The van der Waals surface area contributed by atoms with Crippen molar-refractivity contribution in [1.82, 2.24) is 4.90 Å². The lowest BCUT2D eigenvalue weighted by molar-refractivity contribution is -0.383. The van der Waals surface area contributed by atoms with Crippen molar-refractivity contribution >= 4 is 17.1 Å². The molecule has 1 aliphatic heterocycles. The summed E-state index contributed by atoms with van der Waals surface area (Å²) in [5, 5.41) is 10.9. The van der Waals surface area contributed by atoms with Crippen LogP contribution in [0.5, 0.6) is 0 Å². The SMILES string of the molecule is CCN(CC)CC1CN(c2ccc([N+](=O)[O-])c(N)c2)C(C)CO1. The van der Waals surface area contributed by atoms with E-state index in [1.54, 1.807) is 12.1 Å². The van der Waals surface area contributed by atoms with Gasteiger partial charge in [0.2, 0.25) is 0 Å². The monoisotopic (exact) mass is 322 g/mol. The predicted octanol–water partition coefficient (Wildman–Crippen LogP) is 2.11. The number of benzene rings is 1. The van der Waals surface area contributed by atoms with Crippen molar-refractivity contribution in [1.29, 1.82) is 0 Å². The standard InChI is InChI=1S/C16H26N4O3/c1-4-18(5-2)9-14-10-19(12(3)11-23-14)13-6-7-16(20(21)22)15(17)8-13/h6-8,12,14H,4-5,9-11,17H2,1-3H3. The number of nitro groups is 1. The normalized spacial score (nSPS) is 21.7. The van der Waals surface area contributed by atoms with E-state index >= 15 is 0 Å². The largest absolute Gasteiger partial charge is 0.393 e. The average Bonchev–Trinajstić information content (AvgIpc) is 2.53. The summed E-state index contributed by atoms with van der Waals surface area (Å²) in [4.78, 5) is 15.0. The van der Waals surface area contributed by atoms with Gasteiger partial charge in [-0.2, -0.15) is 0 Å². The van der Waals surface area contributed by atoms with Crippen molar-refractivity contribution < 1.29 is 9.66 Å². The van der Waals surface area contributed by atoms with Gasteiger partial charge in [-0.15, -0.1) is 0 Å². The maximum atomic E-state index is 10.9. The van der Waals surface area contributed by atoms with Gasteiger partial charge in [0.1, 0.15) is 5.69 Å². The Balaban J connectivity index is 2.13. The number of anilines is 2. The summed E-state index contributed by atoms with van der Waals surface area (Å²) in [6.07, 6.45) is 0.127. The molecule has 2 N–H and O–H groups in total. The van der Waals surface area contributed by atoms with Gasteiger partial charge in [-0.25, -0.2) is 0 Å². The van der Waals surface area contributed by atoms with Gasteiger partial charge in [0.15, 0.2) is 0 Å². The Bertz CT molecular complexity index is 548. The number of ether oxygens (including phenoxy) is 1. The second kappa shape index (κ2) is 7.61. The van der Waals surface area contributed by atoms with E-state index in [1.807, 2.05) is 0 Å². The summed E-state index contributed by atoms with van der Waals surface area (Å²) in [6.45, 7) is 10.7. The molecule has 0 bridgehead atoms. The smallest absolute Gasteiger partial charge is 0.292 e. The van der Waals surface area contributed by atoms with Gasteiger partial charge in [0.25, 0.3) is 5.69 Å². The summed E-state index contributed by atoms with van der Waals surface area (Å²) in [6, 6.07) is 5.15. The zero-order valence-electron chi connectivity index (χ0n) is 14.1. The van der Waals surface area contributed by atoms with Crippen LogP contribution < -0.4 is 10.6 Å². The number of rotatable bonds is 6. The van der Waals surface area contributed by atoms with Crippen LogP contribution >= 0.6 is 0 Å². The van der Waals surface area contributed by atoms with Crippen molar-refractivity contribution in [3.63, 3.8) is 0 Å². The minimum absolute atomic E-state index is 0.0469. The molecular formula is C16H26N4O3. The molecular weight excluding hydrogens is 296 g/mol.